The summed E-state index contributed by atoms with van der Waals surface area (Å²) in [6, 6.07) is 8.19. The van der Waals surface area contributed by atoms with E-state index in [9.17, 15) is 4.79 Å². The summed E-state index contributed by atoms with van der Waals surface area (Å²) in [4.78, 5) is 11.3. The van der Waals surface area contributed by atoms with E-state index in [1.54, 1.807) is 12.5 Å². The van der Waals surface area contributed by atoms with Gasteiger partial charge in [-0.2, -0.15) is 0 Å². The molecule has 1 aliphatic heterocycles. The predicted octanol–water partition coefficient (Wildman–Crippen LogP) is 3.34. The summed E-state index contributed by atoms with van der Waals surface area (Å²) >= 11 is 0. The van der Waals surface area contributed by atoms with Crippen LogP contribution in [0, 0.1) is 0 Å². The van der Waals surface area contributed by atoms with Gasteiger partial charge in [-0.1, -0.05) is 0 Å². The number of fused-ring (bicyclic) bond motifs is 1. The maximum atomic E-state index is 11.3. The third kappa shape index (κ3) is 2.47. The molecule has 2 heterocycles. The average molecular weight is 256 g/mol. The summed E-state index contributed by atoms with van der Waals surface area (Å²) in [5.74, 6) is 0.0972. The van der Waals surface area contributed by atoms with Crippen molar-refractivity contribution in [3.63, 3.8) is 0 Å². The minimum absolute atomic E-state index is 0.0972. The Morgan fingerprint density at radius 1 is 1.32 bits per heavy atom. The molecule has 0 spiro atoms. The molecule has 0 saturated heterocycles. The number of nitrogens with one attached hydrogen (secondary N) is 2. The van der Waals surface area contributed by atoms with Crippen molar-refractivity contribution in [2.45, 2.75) is 25.8 Å². The molecule has 0 saturated carbocycles. The van der Waals surface area contributed by atoms with E-state index >= 15 is 0 Å². The van der Waals surface area contributed by atoms with Gasteiger partial charge >= 0.3 is 0 Å². The monoisotopic (exact) mass is 256 g/mol. The van der Waals surface area contributed by atoms with Crippen molar-refractivity contribution in [1.82, 2.24) is 0 Å². The molecule has 1 aromatic heterocycles. The molecule has 0 bridgehead atoms. The van der Waals surface area contributed by atoms with Gasteiger partial charge in [-0.15, -0.1) is 0 Å². The summed E-state index contributed by atoms with van der Waals surface area (Å²) in [5, 5.41) is 6.32. The lowest BCUT2D eigenvalue weighted by molar-refractivity contribution is -0.116. The first-order valence-corrected chi connectivity index (χ1v) is 6.44. The largest absolute Gasteiger partial charge is 0.472 e. The Hall–Kier alpha value is -2.23. The van der Waals surface area contributed by atoms with Crippen LogP contribution in [-0.2, 0) is 11.2 Å². The molecule has 4 heteroatoms. The van der Waals surface area contributed by atoms with Gasteiger partial charge in [-0.05, 0) is 43.2 Å². The van der Waals surface area contributed by atoms with Gasteiger partial charge < -0.3 is 15.1 Å². The van der Waals surface area contributed by atoms with Gasteiger partial charge in [0.05, 0.1) is 18.6 Å². The Morgan fingerprint density at radius 3 is 3.00 bits per heavy atom. The first-order chi connectivity index (χ1) is 9.22. The number of carbonyl (C=O) groups is 1. The molecule has 19 heavy (non-hydrogen) atoms. The molecule has 3 rings (SSSR count). The van der Waals surface area contributed by atoms with Crippen molar-refractivity contribution in [1.29, 1.82) is 0 Å². The number of carbonyl (C=O) groups excluding carboxylic acids is 1. The molecule has 2 aromatic rings. The first-order valence-electron chi connectivity index (χ1n) is 6.44. The maximum absolute atomic E-state index is 11.3. The average Bonchev–Trinajstić information content (AvgIpc) is 2.93. The smallest absolute Gasteiger partial charge is 0.224 e. The molecule has 0 fully saturated rings. The number of anilines is 2. The summed E-state index contributed by atoms with van der Waals surface area (Å²) in [6.07, 6.45) is 4.79. The molecule has 0 radical (unpaired) electrons. The van der Waals surface area contributed by atoms with E-state index in [0.29, 0.717) is 6.42 Å². The Kier molecular flexibility index (Phi) is 2.99. The van der Waals surface area contributed by atoms with Crippen LogP contribution in [0.2, 0.25) is 0 Å². The van der Waals surface area contributed by atoms with E-state index in [1.165, 1.54) is 5.56 Å². The first kappa shape index (κ1) is 11.8. The number of aryl methyl sites for hydroxylation is 1. The highest BCUT2D eigenvalue weighted by molar-refractivity contribution is 5.94. The van der Waals surface area contributed by atoms with Crippen LogP contribution in [0.25, 0.3) is 0 Å². The molecule has 1 atom stereocenters. The number of furan rings is 1. The summed E-state index contributed by atoms with van der Waals surface area (Å²) in [6.45, 7) is 2.09. The van der Waals surface area contributed by atoms with E-state index in [4.69, 9.17) is 4.42 Å². The second-order valence-electron chi connectivity index (χ2n) is 4.84. The van der Waals surface area contributed by atoms with Crippen molar-refractivity contribution >= 4 is 17.3 Å². The highest BCUT2D eigenvalue weighted by atomic mass is 16.3. The van der Waals surface area contributed by atoms with E-state index in [-0.39, 0.29) is 11.9 Å². The van der Waals surface area contributed by atoms with Crippen LogP contribution in [0.3, 0.4) is 0 Å². The van der Waals surface area contributed by atoms with Gasteiger partial charge in [-0.3, -0.25) is 4.79 Å². The lowest BCUT2D eigenvalue weighted by Crippen LogP contribution is -2.19. The lowest BCUT2D eigenvalue weighted by atomic mass is 10.0. The zero-order chi connectivity index (χ0) is 13.2. The number of amides is 1. The normalized spacial score (nSPS) is 15.5. The molecule has 98 valence electrons. The van der Waals surface area contributed by atoms with Crippen molar-refractivity contribution in [2.75, 3.05) is 10.6 Å². The number of hydrogen-bond donors (Lipinski definition) is 2. The lowest BCUT2D eigenvalue weighted by Gasteiger charge is -2.19. The second kappa shape index (κ2) is 4.80. The van der Waals surface area contributed by atoms with Crippen molar-refractivity contribution < 1.29 is 9.21 Å². The minimum atomic E-state index is 0.0972. The van der Waals surface area contributed by atoms with E-state index in [0.717, 1.165) is 23.4 Å². The maximum Gasteiger partial charge on any atom is 0.224 e. The van der Waals surface area contributed by atoms with Crippen LogP contribution in [0.4, 0.5) is 11.4 Å². The summed E-state index contributed by atoms with van der Waals surface area (Å²) in [5.41, 5.74) is 4.29. The molecule has 1 aromatic carbocycles. The van der Waals surface area contributed by atoms with E-state index < -0.39 is 0 Å². The molecule has 1 unspecified atom stereocenters. The van der Waals surface area contributed by atoms with Crippen LogP contribution in [-0.4, -0.2) is 5.91 Å². The molecule has 2 N–H and O–H groups in total. The predicted molar refractivity (Wildman–Crippen MR) is 74.1 cm³/mol. The van der Waals surface area contributed by atoms with E-state index in [2.05, 4.69) is 23.6 Å². The van der Waals surface area contributed by atoms with Gasteiger partial charge in [-0.25, -0.2) is 0 Å². The van der Waals surface area contributed by atoms with Crippen molar-refractivity contribution in [2.24, 2.45) is 0 Å². The fourth-order valence-electron chi connectivity index (χ4n) is 2.33. The molecule has 1 amide bonds. The van der Waals surface area contributed by atoms with Gasteiger partial charge in [0.1, 0.15) is 0 Å². The van der Waals surface area contributed by atoms with Gasteiger partial charge in [0.2, 0.25) is 5.91 Å². The number of rotatable bonds is 3. The van der Waals surface area contributed by atoms with Crippen LogP contribution in [0.1, 0.15) is 30.5 Å². The zero-order valence-electron chi connectivity index (χ0n) is 10.8. The molecule has 0 aliphatic carbocycles. The number of benzene rings is 1. The fourth-order valence-corrected chi connectivity index (χ4v) is 2.33. The highest BCUT2D eigenvalue weighted by Crippen LogP contribution is 2.27. The standard InChI is InChI=1S/C15H16N2O2/c1-10(12-6-7-19-9-12)16-13-3-4-14-11(8-13)2-5-15(18)17-14/h3-4,6-10,16H,2,5H2,1H3,(H,17,18). The van der Waals surface area contributed by atoms with Crippen LogP contribution in [0.15, 0.2) is 41.2 Å². The Labute approximate surface area is 111 Å². The van der Waals surface area contributed by atoms with Crippen LogP contribution in [0.5, 0.6) is 0 Å². The topological polar surface area (TPSA) is 54.3 Å². The van der Waals surface area contributed by atoms with Gasteiger partial charge in [0, 0.05) is 23.4 Å². The fraction of sp³-hybridized carbons (Fsp3) is 0.267. The molecular weight excluding hydrogens is 240 g/mol. The molecular formula is C15H16N2O2. The summed E-state index contributed by atoms with van der Waals surface area (Å²) in [7, 11) is 0. The molecule has 1 aliphatic rings. The zero-order valence-corrected chi connectivity index (χ0v) is 10.8. The quantitative estimate of drug-likeness (QED) is 0.885. The van der Waals surface area contributed by atoms with E-state index in [1.807, 2.05) is 18.2 Å². The summed E-state index contributed by atoms with van der Waals surface area (Å²) < 4.78 is 5.09. The number of hydrogen-bond acceptors (Lipinski definition) is 3. The Bertz CT molecular complexity index is 590. The van der Waals surface area contributed by atoms with Crippen LogP contribution >= 0.6 is 0 Å². The van der Waals surface area contributed by atoms with Gasteiger partial charge in [0.25, 0.3) is 0 Å². The Morgan fingerprint density at radius 2 is 2.21 bits per heavy atom. The second-order valence-corrected chi connectivity index (χ2v) is 4.84. The SMILES string of the molecule is CC(Nc1ccc2c(c1)CCC(=O)N2)c1ccoc1. The third-order valence-electron chi connectivity index (χ3n) is 3.43. The Balaban J connectivity index is 1.77. The van der Waals surface area contributed by atoms with Crippen molar-refractivity contribution in [3.8, 4) is 0 Å². The molecule has 4 nitrogen and oxygen atoms in total. The highest BCUT2D eigenvalue weighted by Gasteiger charge is 2.15. The van der Waals surface area contributed by atoms with Crippen molar-refractivity contribution in [3.05, 3.63) is 47.9 Å². The third-order valence-corrected chi connectivity index (χ3v) is 3.43. The van der Waals surface area contributed by atoms with Crippen LogP contribution < -0.4 is 10.6 Å². The van der Waals surface area contributed by atoms with Gasteiger partial charge in [0.15, 0.2) is 0 Å². The minimum Gasteiger partial charge on any atom is -0.472 e.